The third-order valence-corrected chi connectivity index (χ3v) is 1.46. The number of alkyl halides is 2. The van der Waals surface area contributed by atoms with Gasteiger partial charge in [0.2, 0.25) is 0 Å². The molecule has 1 unspecified atom stereocenters. The third kappa shape index (κ3) is 7.66. The van der Waals surface area contributed by atoms with Crippen LogP contribution in [0.1, 0.15) is 6.92 Å². The predicted octanol–water partition coefficient (Wildman–Crippen LogP) is 2.69. The van der Waals surface area contributed by atoms with Gasteiger partial charge in [0.1, 0.15) is 0 Å². The van der Waals surface area contributed by atoms with Gasteiger partial charge in [0, 0.05) is 12.7 Å². The van der Waals surface area contributed by atoms with Gasteiger partial charge in [-0.3, -0.25) is 0 Å². The summed E-state index contributed by atoms with van der Waals surface area (Å²) in [6, 6.07) is 0. The molecule has 0 aliphatic rings. The van der Waals surface area contributed by atoms with Crippen LogP contribution in [0.25, 0.3) is 0 Å². The third-order valence-electron chi connectivity index (χ3n) is 1.29. The molecule has 0 aromatic carbocycles. The maximum absolute atomic E-state index is 12.4. The van der Waals surface area contributed by atoms with Crippen molar-refractivity contribution >= 4 is 9.24 Å². The number of likely N-dealkylation sites (N-methyl/N-ethyl adjacent to an activating group) is 1. The largest absolute Gasteiger partial charge is 0.389 e. The van der Waals surface area contributed by atoms with E-state index in [2.05, 4.69) is 11.9 Å². The van der Waals surface area contributed by atoms with Crippen LogP contribution in [-0.4, -0.2) is 12.7 Å². The second-order valence-electron chi connectivity index (χ2n) is 2.67. The second-order valence-corrected chi connectivity index (χ2v) is 3.44. The average Bonchev–Trinajstić information content (AvgIpc) is 1.97. The van der Waals surface area contributed by atoms with Crippen LogP contribution in [-0.2, 0) is 0 Å². The number of allylic oxidation sites excluding steroid dienone is 4. The van der Waals surface area contributed by atoms with E-state index >= 15 is 0 Å². The highest BCUT2D eigenvalue weighted by Gasteiger charge is 2.16. The smallest absolute Gasteiger partial charge is 0.277 e. The quantitative estimate of drug-likeness (QED) is 0.549. The van der Waals surface area contributed by atoms with E-state index in [4.69, 9.17) is 0 Å². The van der Waals surface area contributed by atoms with Gasteiger partial charge in [-0.2, -0.15) is 8.78 Å². The van der Waals surface area contributed by atoms with Crippen molar-refractivity contribution in [2.24, 2.45) is 0 Å². The first kappa shape index (κ1) is 12.3. The highest BCUT2D eigenvalue weighted by Crippen LogP contribution is 2.25. The summed E-state index contributed by atoms with van der Waals surface area (Å²) in [7, 11) is 3.18. The lowest BCUT2D eigenvalue weighted by molar-refractivity contribution is 0.160. The molecule has 1 nitrogen and oxygen atoms in total. The van der Waals surface area contributed by atoms with Gasteiger partial charge in [0.15, 0.2) is 0 Å². The van der Waals surface area contributed by atoms with E-state index in [-0.39, 0.29) is 0 Å². The Morgan fingerprint density at radius 1 is 1.46 bits per heavy atom. The zero-order valence-electron chi connectivity index (χ0n) is 7.77. The minimum atomic E-state index is -2.84. The van der Waals surface area contributed by atoms with Gasteiger partial charge in [0.05, 0.1) is 0 Å². The standard InChI is InChI=1S/C9H14F2NP/c1-7(6-9(10,11)13)4-5-8(2)12-3/h4-6,12H,2,13H2,1,3H3/b5-4-,7-6+. The number of rotatable bonds is 4. The van der Waals surface area contributed by atoms with E-state index in [0.29, 0.717) is 11.3 Å². The molecule has 0 aromatic rings. The second kappa shape index (κ2) is 5.13. The van der Waals surface area contributed by atoms with Crippen LogP contribution >= 0.6 is 9.24 Å². The number of hydrogen-bond donors (Lipinski definition) is 1. The fourth-order valence-electron chi connectivity index (χ4n) is 0.667. The molecule has 0 aromatic heterocycles. The lowest BCUT2D eigenvalue weighted by Gasteiger charge is -2.03. The lowest BCUT2D eigenvalue weighted by atomic mass is 10.2. The molecule has 0 spiro atoms. The normalized spacial score (nSPS) is 13.5. The molecule has 0 aliphatic carbocycles. The summed E-state index contributed by atoms with van der Waals surface area (Å²) in [4.78, 5) is 0. The van der Waals surface area contributed by atoms with Gasteiger partial charge in [-0.1, -0.05) is 21.9 Å². The molecular formula is C9H14F2NP. The molecule has 0 amide bonds. The van der Waals surface area contributed by atoms with Crippen LogP contribution in [0.5, 0.6) is 0 Å². The molecule has 4 heteroatoms. The zero-order chi connectivity index (χ0) is 10.5. The van der Waals surface area contributed by atoms with Gasteiger partial charge in [-0.25, -0.2) is 0 Å². The van der Waals surface area contributed by atoms with Crippen LogP contribution in [0.3, 0.4) is 0 Å². The molecule has 0 heterocycles. The summed E-state index contributed by atoms with van der Waals surface area (Å²) < 4.78 is 24.8. The highest BCUT2D eigenvalue weighted by molar-refractivity contribution is 7.18. The summed E-state index contributed by atoms with van der Waals surface area (Å²) in [6.45, 7) is 5.23. The minimum Gasteiger partial charge on any atom is -0.389 e. The summed E-state index contributed by atoms with van der Waals surface area (Å²) in [5.41, 5.74) is -1.66. The van der Waals surface area contributed by atoms with E-state index in [1.807, 2.05) is 0 Å². The molecule has 1 N–H and O–H groups in total. The van der Waals surface area contributed by atoms with Gasteiger partial charge in [0.25, 0.3) is 5.66 Å². The molecule has 0 fully saturated rings. The molecule has 74 valence electrons. The number of nitrogens with one attached hydrogen (secondary N) is 1. The number of hydrogen-bond acceptors (Lipinski definition) is 1. The molecule has 0 saturated heterocycles. The van der Waals surface area contributed by atoms with Crippen molar-refractivity contribution in [3.8, 4) is 0 Å². The van der Waals surface area contributed by atoms with Crippen molar-refractivity contribution in [3.05, 3.63) is 36.1 Å². The fraction of sp³-hybridized carbons (Fsp3) is 0.333. The summed E-state index contributed by atoms with van der Waals surface area (Å²) >= 11 is 0. The van der Waals surface area contributed by atoms with Gasteiger partial charge >= 0.3 is 0 Å². The van der Waals surface area contributed by atoms with Crippen molar-refractivity contribution in [1.29, 1.82) is 0 Å². The van der Waals surface area contributed by atoms with E-state index < -0.39 is 5.66 Å². The van der Waals surface area contributed by atoms with Crippen molar-refractivity contribution in [3.63, 3.8) is 0 Å². The summed E-state index contributed by atoms with van der Waals surface area (Å²) in [5, 5.41) is 2.78. The molecular weight excluding hydrogens is 191 g/mol. The Kier molecular flexibility index (Phi) is 4.86. The molecule has 0 rings (SSSR count). The Hall–Kier alpha value is -0.690. The van der Waals surface area contributed by atoms with Gasteiger partial charge in [-0.15, -0.1) is 0 Å². The SMILES string of the molecule is C=C(/C=C\C(C)=C\C(F)(F)P)NC. The molecule has 0 radical (unpaired) electrons. The number of halogens is 2. The summed E-state index contributed by atoms with van der Waals surface area (Å²) in [6.07, 6.45) is 4.09. The van der Waals surface area contributed by atoms with Gasteiger partial charge in [-0.05, 0) is 24.6 Å². The van der Waals surface area contributed by atoms with E-state index in [1.54, 1.807) is 26.1 Å². The fourth-order valence-corrected chi connectivity index (χ4v) is 0.930. The highest BCUT2D eigenvalue weighted by atomic mass is 31.0. The van der Waals surface area contributed by atoms with Crippen LogP contribution in [0.4, 0.5) is 8.78 Å². The van der Waals surface area contributed by atoms with Crippen molar-refractivity contribution < 1.29 is 8.78 Å². The van der Waals surface area contributed by atoms with Crippen molar-refractivity contribution in [1.82, 2.24) is 5.32 Å². The molecule has 0 saturated carbocycles. The molecule has 0 bridgehead atoms. The Labute approximate surface area is 79.8 Å². The van der Waals surface area contributed by atoms with E-state index in [9.17, 15) is 8.78 Å². The predicted molar refractivity (Wildman–Crippen MR) is 55.8 cm³/mol. The Morgan fingerprint density at radius 3 is 2.38 bits per heavy atom. The monoisotopic (exact) mass is 205 g/mol. The molecule has 0 aliphatic heterocycles. The van der Waals surface area contributed by atoms with Gasteiger partial charge < -0.3 is 5.32 Å². The lowest BCUT2D eigenvalue weighted by Crippen LogP contribution is -2.01. The first-order valence-electron chi connectivity index (χ1n) is 3.76. The maximum atomic E-state index is 12.4. The van der Waals surface area contributed by atoms with Crippen LogP contribution in [0.15, 0.2) is 36.1 Å². The first-order chi connectivity index (χ1) is 5.85. The molecule has 13 heavy (non-hydrogen) atoms. The topological polar surface area (TPSA) is 12.0 Å². The Morgan fingerprint density at radius 2 is 2.00 bits per heavy atom. The Balaban J connectivity index is 4.30. The van der Waals surface area contributed by atoms with E-state index in [1.165, 1.54) is 9.24 Å². The van der Waals surface area contributed by atoms with Crippen molar-refractivity contribution in [2.75, 3.05) is 7.05 Å². The van der Waals surface area contributed by atoms with Crippen LogP contribution in [0, 0.1) is 0 Å². The minimum absolute atomic E-state index is 0.497. The van der Waals surface area contributed by atoms with Crippen LogP contribution in [0.2, 0.25) is 0 Å². The maximum Gasteiger partial charge on any atom is 0.277 e. The Bertz CT molecular complexity index is 238. The zero-order valence-corrected chi connectivity index (χ0v) is 8.93. The first-order valence-corrected chi connectivity index (χ1v) is 4.34. The van der Waals surface area contributed by atoms with Crippen molar-refractivity contribution in [2.45, 2.75) is 12.6 Å². The summed E-state index contributed by atoms with van der Waals surface area (Å²) in [5.74, 6) is 0. The molecule has 1 atom stereocenters. The van der Waals surface area contributed by atoms with E-state index in [0.717, 1.165) is 6.08 Å². The average molecular weight is 205 g/mol. The van der Waals surface area contributed by atoms with Crippen LogP contribution < -0.4 is 5.32 Å².